The number of nitrogens with one attached hydrogen (secondary N) is 2. The maximum absolute atomic E-state index is 15.2. The number of halogens is 2. The second-order valence-corrected chi connectivity index (χ2v) is 6.38. The second-order valence-electron chi connectivity index (χ2n) is 6.38. The number of anilines is 3. The van der Waals surface area contributed by atoms with Gasteiger partial charge in [0.2, 0.25) is 0 Å². The predicted molar refractivity (Wildman–Crippen MR) is 111 cm³/mol. The molecule has 0 amide bonds. The van der Waals surface area contributed by atoms with Crippen molar-refractivity contribution >= 4 is 34.1 Å². The van der Waals surface area contributed by atoms with E-state index < -0.39 is 34.4 Å². The molecule has 8 nitrogen and oxygen atoms in total. The number of nitrogens with zero attached hydrogens (tertiary/aromatic N) is 2. The van der Waals surface area contributed by atoms with Gasteiger partial charge in [0.1, 0.15) is 17.2 Å². The number of carbonyl (C=O) groups excluding carboxylic acids is 1. The van der Waals surface area contributed by atoms with Crippen LogP contribution in [0.4, 0.5) is 26.0 Å². The van der Waals surface area contributed by atoms with Gasteiger partial charge in [0.15, 0.2) is 17.1 Å². The lowest BCUT2D eigenvalue weighted by Gasteiger charge is -2.17. The highest BCUT2D eigenvalue weighted by atomic mass is 19.1. The van der Waals surface area contributed by atoms with Gasteiger partial charge in [-0.05, 0) is 19.1 Å². The summed E-state index contributed by atoms with van der Waals surface area (Å²) in [5.74, 6) is -2.28. The fourth-order valence-corrected chi connectivity index (χ4v) is 3.08. The molecule has 158 valence electrons. The van der Waals surface area contributed by atoms with Gasteiger partial charge in [0.25, 0.3) is 0 Å². The zero-order valence-electron chi connectivity index (χ0n) is 16.5. The van der Waals surface area contributed by atoms with Crippen molar-refractivity contribution in [3.63, 3.8) is 0 Å². The van der Waals surface area contributed by atoms with Crippen molar-refractivity contribution in [1.29, 1.82) is 0 Å². The molecule has 3 aromatic rings. The third-order valence-corrected chi connectivity index (χ3v) is 4.48. The standard InChI is InChI=1S/C20H21F2N5O3/c1-3-30-20(29)11-10-12(28)14-17(23)15(21)18(16(22)19(14)27(11)2)26-9-8-25-13-6-4-5-7-24-13/h4-7,10,26H,3,8-9,23H2,1-2H3,(H,24,25). The second kappa shape index (κ2) is 8.76. The van der Waals surface area contributed by atoms with E-state index in [1.807, 2.05) is 0 Å². The fraction of sp³-hybridized carbons (Fsp3) is 0.250. The number of benzene rings is 1. The van der Waals surface area contributed by atoms with Gasteiger partial charge < -0.3 is 25.7 Å². The maximum Gasteiger partial charge on any atom is 0.355 e. The minimum absolute atomic E-state index is 0.0785. The molecule has 0 aliphatic rings. The first-order valence-electron chi connectivity index (χ1n) is 9.22. The van der Waals surface area contributed by atoms with E-state index in [0.717, 1.165) is 10.6 Å². The van der Waals surface area contributed by atoms with E-state index in [1.165, 1.54) is 7.05 Å². The van der Waals surface area contributed by atoms with Gasteiger partial charge in [0, 0.05) is 32.4 Å². The molecule has 4 N–H and O–H groups in total. The first-order valence-corrected chi connectivity index (χ1v) is 9.22. The van der Waals surface area contributed by atoms with Gasteiger partial charge >= 0.3 is 5.97 Å². The number of esters is 1. The largest absolute Gasteiger partial charge is 0.461 e. The number of carbonyl (C=O) groups is 1. The van der Waals surface area contributed by atoms with Crippen LogP contribution >= 0.6 is 0 Å². The van der Waals surface area contributed by atoms with E-state index in [9.17, 15) is 14.0 Å². The smallest absolute Gasteiger partial charge is 0.355 e. The summed E-state index contributed by atoms with van der Waals surface area (Å²) >= 11 is 0. The number of rotatable bonds is 7. The average Bonchev–Trinajstić information content (AvgIpc) is 2.73. The summed E-state index contributed by atoms with van der Waals surface area (Å²) in [5, 5.41) is 5.32. The first-order chi connectivity index (χ1) is 14.4. The van der Waals surface area contributed by atoms with Crippen LogP contribution < -0.4 is 21.8 Å². The molecule has 0 saturated carbocycles. The molecule has 0 bridgehead atoms. The molecule has 2 heterocycles. The molecule has 0 radical (unpaired) electrons. The number of aryl methyl sites for hydroxylation is 1. The van der Waals surface area contributed by atoms with Gasteiger partial charge in [-0.1, -0.05) is 6.07 Å². The normalized spacial score (nSPS) is 10.8. The van der Waals surface area contributed by atoms with Gasteiger partial charge in [-0.15, -0.1) is 0 Å². The van der Waals surface area contributed by atoms with E-state index in [1.54, 1.807) is 31.3 Å². The van der Waals surface area contributed by atoms with Crippen LogP contribution in [0.3, 0.4) is 0 Å². The van der Waals surface area contributed by atoms with Crippen molar-refractivity contribution in [2.75, 3.05) is 36.1 Å². The molecule has 10 heteroatoms. The molecular formula is C20H21F2N5O3. The molecule has 0 fully saturated rings. The highest BCUT2D eigenvalue weighted by molar-refractivity contribution is 5.98. The van der Waals surface area contributed by atoms with Crippen LogP contribution in [0.5, 0.6) is 0 Å². The molecule has 1 aromatic carbocycles. The summed E-state index contributed by atoms with van der Waals surface area (Å²) in [7, 11) is 1.38. The topological polar surface area (TPSA) is 111 Å². The van der Waals surface area contributed by atoms with E-state index in [4.69, 9.17) is 10.5 Å². The van der Waals surface area contributed by atoms with Gasteiger partial charge in [-0.2, -0.15) is 0 Å². The summed E-state index contributed by atoms with van der Waals surface area (Å²) in [6.07, 6.45) is 1.61. The van der Waals surface area contributed by atoms with Crippen molar-refractivity contribution in [1.82, 2.24) is 9.55 Å². The number of hydrogen-bond donors (Lipinski definition) is 3. The Kier molecular flexibility index (Phi) is 6.14. The lowest BCUT2D eigenvalue weighted by atomic mass is 10.1. The molecule has 30 heavy (non-hydrogen) atoms. The zero-order valence-corrected chi connectivity index (χ0v) is 16.5. The lowest BCUT2D eigenvalue weighted by molar-refractivity contribution is 0.0515. The lowest BCUT2D eigenvalue weighted by Crippen LogP contribution is -2.22. The van der Waals surface area contributed by atoms with E-state index in [0.29, 0.717) is 12.4 Å². The SMILES string of the molecule is CCOC(=O)c1cc(=O)c2c(N)c(F)c(NCCNc3ccccn3)c(F)c2n1C. The monoisotopic (exact) mass is 417 g/mol. The zero-order chi connectivity index (χ0) is 21.8. The Morgan fingerprint density at radius 3 is 2.63 bits per heavy atom. The first kappa shape index (κ1) is 21.0. The number of pyridine rings is 2. The van der Waals surface area contributed by atoms with E-state index in [2.05, 4.69) is 15.6 Å². The highest BCUT2D eigenvalue weighted by Gasteiger charge is 2.24. The van der Waals surface area contributed by atoms with Gasteiger partial charge in [0.05, 0.1) is 23.2 Å². The minimum atomic E-state index is -1.07. The van der Waals surface area contributed by atoms with Crippen molar-refractivity contribution in [2.24, 2.45) is 7.05 Å². The Hall–Kier alpha value is -3.69. The van der Waals surface area contributed by atoms with Crippen LogP contribution in [0.15, 0.2) is 35.3 Å². The van der Waals surface area contributed by atoms with Gasteiger partial charge in [-0.3, -0.25) is 4.79 Å². The maximum atomic E-state index is 15.2. The molecule has 3 rings (SSSR count). The van der Waals surface area contributed by atoms with Crippen molar-refractivity contribution in [2.45, 2.75) is 6.92 Å². The van der Waals surface area contributed by atoms with Crippen LogP contribution in [0.25, 0.3) is 10.9 Å². The van der Waals surface area contributed by atoms with Crippen LogP contribution in [0.2, 0.25) is 0 Å². The van der Waals surface area contributed by atoms with Crippen molar-refractivity contribution in [3.8, 4) is 0 Å². The van der Waals surface area contributed by atoms with Crippen LogP contribution in [0.1, 0.15) is 17.4 Å². The number of ether oxygens (including phenoxy) is 1. The third kappa shape index (κ3) is 3.88. The Morgan fingerprint density at radius 2 is 1.97 bits per heavy atom. The molecule has 0 unspecified atom stereocenters. The summed E-state index contributed by atoms with van der Waals surface area (Å²) in [6, 6.07) is 6.27. The average molecular weight is 417 g/mol. The van der Waals surface area contributed by atoms with E-state index >= 15 is 4.39 Å². The molecule has 0 aliphatic carbocycles. The van der Waals surface area contributed by atoms with Crippen molar-refractivity contribution in [3.05, 3.63) is 58.0 Å². The van der Waals surface area contributed by atoms with Crippen LogP contribution in [-0.2, 0) is 11.8 Å². The predicted octanol–water partition coefficient (Wildman–Crippen LogP) is 2.49. The minimum Gasteiger partial charge on any atom is -0.461 e. The molecule has 0 atom stereocenters. The molecule has 0 saturated heterocycles. The quantitative estimate of drug-likeness (QED) is 0.308. The number of nitrogen functional groups attached to an aromatic ring is 1. The summed E-state index contributed by atoms with van der Waals surface area (Å²) < 4.78 is 36.0. The summed E-state index contributed by atoms with van der Waals surface area (Å²) in [5.41, 5.74) is 3.59. The van der Waals surface area contributed by atoms with Crippen LogP contribution in [-0.4, -0.2) is 35.2 Å². The number of hydrogen-bond acceptors (Lipinski definition) is 7. The van der Waals surface area contributed by atoms with Crippen LogP contribution in [0, 0.1) is 11.6 Å². The Labute approximate surface area is 170 Å². The fourth-order valence-electron chi connectivity index (χ4n) is 3.08. The molecular weight excluding hydrogens is 396 g/mol. The number of nitrogens with two attached hydrogens (primary N) is 1. The van der Waals surface area contributed by atoms with Gasteiger partial charge in [-0.25, -0.2) is 18.6 Å². The number of aromatic nitrogens is 2. The summed E-state index contributed by atoms with van der Waals surface area (Å²) in [6.45, 7) is 2.14. The Balaban J connectivity index is 1.98. The third-order valence-electron chi connectivity index (χ3n) is 4.48. The molecule has 0 spiro atoms. The van der Waals surface area contributed by atoms with Crippen molar-refractivity contribution < 1.29 is 18.3 Å². The molecule has 2 aromatic heterocycles. The number of fused-ring (bicyclic) bond motifs is 1. The Morgan fingerprint density at radius 1 is 1.23 bits per heavy atom. The van der Waals surface area contributed by atoms with E-state index in [-0.39, 0.29) is 29.7 Å². The highest BCUT2D eigenvalue weighted by Crippen LogP contribution is 2.32. The Bertz CT molecular complexity index is 1150. The molecule has 0 aliphatic heterocycles. The summed E-state index contributed by atoms with van der Waals surface area (Å²) in [4.78, 5) is 28.6.